The van der Waals surface area contributed by atoms with Crippen molar-refractivity contribution in [3.63, 3.8) is 0 Å². The third-order valence-electron chi connectivity index (χ3n) is 1.43. The molecule has 0 radical (unpaired) electrons. The number of ketones is 1. The third-order valence-corrected chi connectivity index (χ3v) is 2.61. The molecule has 1 aromatic rings. The SMILES string of the molecule is O=C(c1cc(Cl)ccc1I)C(F)(F)F. The van der Waals surface area contributed by atoms with Gasteiger partial charge in [-0.15, -0.1) is 0 Å². The van der Waals surface area contributed by atoms with Crippen LogP contribution in [0.5, 0.6) is 0 Å². The van der Waals surface area contributed by atoms with Crippen LogP contribution in [0, 0.1) is 3.57 Å². The minimum atomic E-state index is -4.86. The predicted molar refractivity (Wildman–Crippen MR) is 54.6 cm³/mol. The van der Waals surface area contributed by atoms with Crippen molar-refractivity contribution in [3.05, 3.63) is 32.4 Å². The number of rotatable bonds is 1. The molecular weight excluding hydrogens is 331 g/mol. The highest BCUT2D eigenvalue weighted by atomic mass is 127. The highest BCUT2D eigenvalue weighted by molar-refractivity contribution is 14.1. The molecule has 1 aromatic carbocycles. The van der Waals surface area contributed by atoms with Crippen LogP contribution in [0.3, 0.4) is 0 Å². The van der Waals surface area contributed by atoms with Crippen LogP contribution in [-0.4, -0.2) is 12.0 Å². The van der Waals surface area contributed by atoms with Crippen LogP contribution in [0.1, 0.15) is 10.4 Å². The van der Waals surface area contributed by atoms with Gasteiger partial charge in [0.25, 0.3) is 5.78 Å². The van der Waals surface area contributed by atoms with Gasteiger partial charge < -0.3 is 0 Å². The standard InChI is InChI=1S/C8H3ClF3IO/c9-4-1-2-6(13)5(3-4)7(14)8(10,11)12/h1-3H. The van der Waals surface area contributed by atoms with Crippen LogP contribution in [0.15, 0.2) is 18.2 Å². The molecular formula is C8H3ClF3IO. The largest absolute Gasteiger partial charge is 0.454 e. The summed E-state index contributed by atoms with van der Waals surface area (Å²) in [5.74, 6) is -1.87. The molecule has 0 fully saturated rings. The number of carbonyl (C=O) groups excluding carboxylic acids is 1. The molecule has 0 saturated carbocycles. The molecule has 0 N–H and O–H groups in total. The number of benzene rings is 1. The van der Waals surface area contributed by atoms with Crippen molar-refractivity contribution in [2.75, 3.05) is 0 Å². The van der Waals surface area contributed by atoms with E-state index in [1.54, 1.807) is 22.6 Å². The van der Waals surface area contributed by atoms with E-state index >= 15 is 0 Å². The zero-order chi connectivity index (χ0) is 10.9. The molecule has 0 amide bonds. The number of alkyl halides is 3. The Kier molecular flexibility index (Phi) is 3.41. The second-order valence-corrected chi connectivity index (χ2v) is 4.05. The fourth-order valence-corrected chi connectivity index (χ4v) is 1.58. The van der Waals surface area contributed by atoms with Crippen molar-refractivity contribution < 1.29 is 18.0 Å². The van der Waals surface area contributed by atoms with Crippen molar-refractivity contribution in [2.45, 2.75) is 6.18 Å². The Morgan fingerprint density at radius 2 is 1.93 bits per heavy atom. The molecule has 76 valence electrons. The second-order valence-electron chi connectivity index (χ2n) is 2.45. The summed E-state index contributed by atoms with van der Waals surface area (Å²) >= 11 is 7.14. The lowest BCUT2D eigenvalue weighted by molar-refractivity contribution is -0.0885. The lowest BCUT2D eigenvalue weighted by Gasteiger charge is -2.06. The number of carbonyl (C=O) groups is 1. The van der Waals surface area contributed by atoms with E-state index in [1.807, 2.05) is 0 Å². The molecule has 0 aliphatic carbocycles. The molecule has 1 nitrogen and oxygen atoms in total. The van der Waals surface area contributed by atoms with Crippen molar-refractivity contribution in [3.8, 4) is 0 Å². The van der Waals surface area contributed by atoms with E-state index < -0.39 is 17.5 Å². The summed E-state index contributed by atoms with van der Waals surface area (Å²) in [5.41, 5.74) is -0.411. The highest BCUT2D eigenvalue weighted by Crippen LogP contribution is 2.26. The van der Waals surface area contributed by atoms with Crippen molar-refractivity contribution in [1.29, 1.82) is 0 Å². The van der Waals surface area contributed by atoms with Crippen LogP contribution in [0.2, 0.25) is 5.02 Å². The van der Waals surface area contributed by atoms with E-state index in [2.05, 4.69) is 0 Å². The fourth-order valence-electron chi connectivity index (χ4n) is 0.824. The molecule has 0 aliphatic rings. The zero-order valence-electron chi connectivity index (χ0n) is 6.53. The number of hydrogen-bond acceptors (Lipinski definition) is 1. The van der Waals surface area contributed by atoms with E-state index in [0.717, 1.165) is 6.07 Å². The van der Waals surface area contributed by atoms with Crippen molar-refractivity contribution in [1.82, 2.24) is 0 Å². The zero-order valence-corrected chi connectivity index (χ0v) is 9.44. The third kappa shape index (κ3) is 2.60. The van der Waals surface area contributed by atoms with E-state index in [-0.39, 0.29) is 8.59 Å². The summed E-state index contributed by atoms with van der Waals surface area (Å²) in [6.07, 6.45) is -4.86. The van der Waals surface area contributed by atoms with Gasteiger partial charge in [-0.1, -0.05) is 11.6 Å². The summed E-state index contributed by atoms with van der Waals surface area (Å²) in [7, 11) is 0. The van der Waals surface area contributed by atoms with Gasteiger partial charge in [0.05, 0.1) is 0 Å². The molecule has 0 atom stereocenters. The topological polar surface area (TPSA) is 17.1 Å². The highest BCUT2D eigenvalue weighted by Gasteiger charge is 2.40. The molecule has 0 bridgehead atoms. The molecule has 6 heteroatoms. The van der Waals surface area contributed by atoms with Gasteiger partial charge in [0.1, 0.15) is 0 Å². The Morgan fingerprint density at radius 1 is 1.36 bits per heavy atom. The first kappa shape index (κ1) is 11.8. The monoisotopic (exact) mass is 334 g/mol. The minimum absolute atomic E-state index is 0.109. The Hall–Kier alpha value is -0.300. The van der Waals surface area contributed by atoms with E-state index in [9.17, 15) is 18.0 Å². The lowest BCUT2D eigenvalue weighted by Crippen LogP contribution is -2.23. The van der Waals surface area contributed by atoms with Crippen LogP contribution < -0.4 is 0 Å². The fraction of sp³-hybridized carbons (Fsp3) is 0.125. The van der Waals surface area contributed by atoms with Gasteiger partial charge >= 0.3 is 6.18 Å². The Morgan fingerprint density at radius 3 is 2.43 bits per heavy atom. The number of hydrogen-bond donors (Lipinski definition) is 0. The molecule has 14 heavy (non-hydrogen) atoms. The predicted octanol–water partition coefficient (Wildman–Crippen LogP) is 3.69. The molecule has 0 aromatic heterocycles. The maximum absolute atomic E-state index is 12.1. The average Bonchev–Trinajstić information content (AvgIpc) is 2.06. The summed E-state index contributed by atoms with van der Waals surface area (Å²) in [5, 5.41) is 0.109. The van der Waals surface area contributed by atoms with Gasteiger partial charge in [-0.05, 0) is 40.8 Å². The van der Waals surface area contributed by atoms with Crippen LogP contribution >= 0.6 is 34.2 Å². The summed E-state index contributed by atoms with van der Waals surface area (Å²) in [6, 6.07) is 3.80. The molecule has 0 spiro atoms. The van der Waals surface area contributed by atoms with Gasteiger partial charge in [-0.25, -0.2) is 0 Å². The van der Waals surface area contributed by atoms with Crippen LogP contribution in [0.25, 0.3) is 0 Å². The van der Waals surface area contributed by atoms with Crippen molar-refractivity contribution in [2.24, 2.45) is 0 Å². The second kappa shape index (κ2) is 4.06. The normalized spacial score (nSPS) is 11.5. The Balaban J connectivity index is 3.19. The maximum atomic E-state index is 12.1. The summed E-state index contributed by atoms with van der Waals surface area (Å²) in [4.78, 5) is 10.9. The lowest BCUT2D eigenvalue weighted by atomic mass is 10.1. The van der Waals surface area contributed by atoms with E-state index in [1.165, 1.54) is 12.1 Å². The Bertz CT molecular complexity index is 375. The maximum Gasteiger partial charge on any atom is 0.454 e. The Labute approximate surface area is 96.4 Å². The summed E-state index contributed by atoms with van der Waals surface area (Å²) in [6.45, 7) is 0. The van der Waals surface area contributed by atoms with Crippen LogP contribution in [-0.2, 0) is 0 Å². The van der Waals surface area contributed by atoms with Crippen molar-refractivity contribution >= 4 is 40.0 Å². The molecule has 0 heterocycles. The molecule has 0 aliphatic heterocycles. The first-order chi connectivity index (χ1) is 6.32. The molecule has 1 rings (SSSR count). The number of halogens is 5. The van der Waals surface area contributed by atoms with Gasteiger partial charge in [-0.2, -0.15) is 13.2 Å². The summed E-state index contributed by atoms with van der Waals surface area (Å²) < 4.78 is 36.4. The van der Waals surface area contributed by atoms with E-state index in [0.29, 0.717) is 0 Å². The van der Waals surface area contributed by atoms with Gasteiger partial charge in [0, 0.05) is 14.2 Å². The first-order valence-electron chi connectivity index (χ1n) is 3.39. The van der Waals surface area contributed by atoms with Gasteiger partial charge in [0.15, 0.2) is 0 Å². The average molecular weight is 334 g/mol. The smallest absolute Gasteiger partial charge is 0.284 e. The quantitative estimate of drug-likeness (QED) is 0.565. The van der Waals surface area contributed by atoms with E-state index in [4.69, 9.17) is 11.6 Å². The minimum Gasteiger partial charge on any atom is -0.284 e. The molecule has 0 unspecified atom stereocenters. The number of Topliss-reactive ketones (excluding diaryl/α,β-unsaturated/α-hetero) is 1. The molecule has 0 saturated heterocycles. The van der Waals surface area contributed by atoms with Crippen LogP contribution in [0.4, 0.5) is 13.2 Å². The van der Waals surface area contributed by atoms with Gasteiger partial charge in [0.2, 0.25) is 0 Å². The first-order valence-corrected chi connectivity index (χ1v) is 4.84. The van der Waals surface area contributed by atoms with Gasteiger partial charge in [-0.3, -0.25) is 4.79 Å².